The number of hydrogen-bond acceptors (Lipinski definition) is 4. The zero-order chi connectivity index (χ0) is 17.2. The van der Waals surface area contributed by atoms with Crippen molar-refractivity contribution in [2.45, 2.75) is 0 Å². The lowest BCUT2D eigenvalue weighted by Gasteiger charge is -2.12. The number of fused-ring (bicyclic) bond motifs is 1. The van der Waals surface area contributed by atoms with Crippen LogP contribution in [0.1, 0.15) is 0 Å². The summed E-state index contributed by atoms with van der Waals surface area (Å²) in [6.07, 6.45) is 0. The second kappa shape index (κ2) is 6.32. The Morgan fingerprint density at radius 3 is 2.28 bits per heavy atom. The van der Waals surface area contributed by atoms with Crippen molar-refractivity contribution in [1.29, 1.82) is 0 Å². The first-order chi connectivity index (χ1) is 12.2. The zero-order valence-corrected chi connectivity index (χ0v) is 14.2. The normalized spacial score (nSPS) is 10.8. The van der Waals surface area contributed by atoms with Gasteiger partial charge in [0.25, 0.3) is 6.01 Å². The Bertz CT molecular complexity index is 989. The molecule has 1 aromatic heterocycles. The molecule has 25 heavy (non-hydrogen) atoms. The summed E-state index contributed by atoms with van der Waals surface area (Å²) >= 11 is 0. The van der Waals surface area contributed by atoms with Crippen molar-refractivity contribution in [3.63, 3.8) is 0 Å². The van der Waals surface area contributed by atoms with Crippen molar-refractivity contribution >= 4 is 28.5 Å². The van der Waals surface area contributed by atoms with Gasteiger partial charge in [0.1, 0.15) is 5.52 Å². The molecule has 0 bridgehead atoms. The number of nitrogens with zero attached hydrogens (tertiary/aromatic N) is 2. The highest BCUT2D eigenvalue weighted by Crippen LogP contribution is 2.28. The third kappa shape index (κ3) is 3.19. The van der Waals surface area contributed by atoms with Crippen LogP contribution in [-0.4, -0.2) is 19.1 Å². The van der Waals surface area contributed by atoms with Gasteiger partial charge in [0, 0.05) is 25.5 Å². The predicted octanol–water partition coefficient (Wildman–Crippen LogP) is 5.30. The van der Waals surface area contributed by atoms with E-state index >= 15 is 0 Å². The third-order valence-electron chi connectivity index (χ3n) is 4.13. The van der Waals surface area contributed by atoms with Crippen LogP contribution in [0.25, 0.3) is 22.2 Å². The number of hydrogen-bond donors (Lipinski definition) is 1. The molecule has 0 aliphatic rings. The molecule has 0 saturated carbocycles. The van der Waals surface area contributed by atoms with E-state index in [4.69, 9.17) is 4.42 Å². The maximum atomic E-state index is 5.78. The zero-order valence-electron chi connectivity index (χ0n) is 14.2. The Balaban J connectivity index is 1.63. The standard InChI is InChI=1S/C21H19N3O/c1-24(2)18-11-8-15(9-12-18)16-10-13-20-19(14-16)23-21(25-20)22-17-6-4-3-5-7-17/h3-14H,1-2H3,(H,22,23). The molecular weight excluding hydrogens is 310 g/mol. The molecule has 1 N–H and O–H groups in total. The quantitative estimate of drug-likeness (QED) is 0.551. The monoisotopic (exact) mass is 329 g/mol. The lowest BCUT2D eigenvalue weighted by molar-refractivity contribution is 0.623. The summed E-state index contributed by atoms with van der Waals surface area (Å²) in [7, 11) is 4.08. The first-order valence-electron chi connectivity index (χ1n) is 8.19. The Hall–Kier alpha value is -3.27. The number of anilines is 3. The van der Waals surface area contributed by atoms with Gasteiger partial charge < -0.3 is 14.6 Å². The van der Waals surface area contributed by atoms with Crippen molar-refractivity contribution in [3.05, 3.63) is 72.8 Å². The molecular formula is C21H19N3O. The second-order valence-corrected chi connectivity index (χ2v) is 6.13. The van der Waals surface area contributed by atoms with E-state index in [9.17, 15) is 0 Å². The molecule has 4 nitrogen and oxygen atoms in total. The van der Waals surface area contributed by atoms with Gasteiger partial charge in [-0.15, -0.1) is 0 Å². The molecule has 0 amide bonds. The van der Waals surface area contributed by atoms with E-state index in [0.717, 1.165) is 27.9 Å². The molecule has 0 saturated heterocycles. The van der Waals surface area contributed by atoms with E-state index in [1.807, 2.05) is 50.5 Å². The van der Waals surface area contributed by atoms with E-state index in [1.165, 1.54) is 5.69 Å². The smallest absolute Gasteiger partial charge is 0.300 e. The van der Waals surface area contributed by atoms with Crippen LogP contribution in [0.15, 0.2) is 77.2 Å². The molecule has 0 radical (unpaired) electrons. The minimum atomic E-state index is 0.501. The first-order valence-corrected chi connectivity index (χ1v) is 8.19. The van der Waals surface area contributed by atoms with Crippen LogP contribution >= 0.6 is 0 Å². The highest BCUT2D eigenvalue weighted by molar-refractivity contribution is 5.82. The van der Waals surface area contributed by atoms with Crippen molar-refractivity contribution in [2.75, 3.05) is 24.3 Å². The van der Waals surface area contributed by atoms with E-state index in [-0.39, 0.29) is 0 Å². The van der Waals surface area contributed by atoms with Gasteiger partial charge in [0.2, 0.25) is 0 Å². The van der Waals surface area contributed by atoms with Gasteiger partial charge in [-0.1, -0.05) is 36.4 Å². The van der Waals surface area contributed by atoms with Crippen molar-refractivity contribution in [1.82, 2.24) is 4.98 Å². The fraction of sp³-hybridized carbons (Fsp3) is 0.0952. The lowest BCUT2D eigenvalue weighted by Crippen LogP contribution is -2.07. The molecule has 0 unspecified atom stereocenters. The molecule has 4 heteroatoms. The molecule has 124 valence electrons. The van der Waals surface area contributed by atoms with Gasteiger partial charge in [0.15, 0.2) is 5.58 Å². The number of para-hydroxylation sites is 1. The maximum Gasteiger partial charge on any atom is 0.300 e. The average molecular weight is 329 g/mol. The number of oxazole rings is 1. The van der Waals surface area contributed by atoms with Gasteiger partial charge in [-0.05, 0) is 47.5 Å². The Morgan fingerprint density at radius 2 is 1.56 bits per heavy atom. The van der Waals surface area contributed by atoms with Gasteiger partial charge in [-0.2, -0.15) is 4.98 Å². The van der Waals surface area contributed by atoms with E-state index in [1.54, 1.807) is 0 Å². The molecule has 0 aliphatic carbocycles. The van der Waals surface area contributed by atoms with Crippen LogP contribution in [0, 0.1) is 0 Å². The predicted molar refractivity (Wildman–Crippen MR) is 103 cm³/mol. The topological polar surface area (TPSA) is 41.3 Å². The fourth-order valence-corrected chi connectivity index (χ4v) is 2.76. The van der Waals surface area contributed by atoms with Crippen LogP contribution < -0.4 is 10.2 Å². The lowest BCUT2D eigenvalue weighted by atomic mass is 10.0. The highest BCUT2D eigenvalue weighted by Gasteiger charge is 2.08. The van der Waals surface area contributed by atoms with Crippen LogP contribution in [0.2, 0.25) is 0 Å². The van der Waals surface area contributed by atoms with Gasteiger partial charge in [-0.25, -0.2) is 0 Å². The van der Waals surface area contributed by atoms with Gasteiger partial charge in [0.05, 0.1) is 0 Å². The maximum absolute atomic E-state index is 5.78. The van der Waals surface area contributed by atoms with Crippen LogP contribution in [0.5, 0.6) is 0 Å². The van der Waals surface area contributed by atoms with Crippen LogP contribution in [0.4, 0.5) is 17.4 Å². The number of benzene rings is 3. The highest BCUT2D eigenvalue weighted by atomic mass is 16.4. The van der Waals surface area contributed by atoms with E-state index in [2.05, 4.69) is 51.6 Å². The molecule has 0 fully saturated rings. The summed E-state index contributed by atoms with van der Waals surface area (Å²) in [5.41, 5.74) is 6.03. The van der Waals surface area contributed by atoms with Crippen molar-refractivity contribution in [2.24, 2.45) is 0 Å². The van der Waals surface area contributed by atoms with Gasteiger partial charge >= 0.3 is 0 Å². The first kappa shape index (κ1) is 15.3. The molecule has 3 aromatic carbocycles. The molecule has 0 atom stereocenters. The molecule has 0 spiro atoms. The molecule has 4 rings (SSSR count). The number of rotatable bonds is 4. The van der Waals surface area contributed by atoms with Crippen LogP contribution in [0.3, 0.4) is 0 Å². The molecule has 1 heterocycles. The SMILES string of the molecule is CN(C)c1ccc(-c2ccc3oc(Nc4ccccc4)nc3c2)cc1. The Labute approximate surface area is 146 Å². The molecule has 4 aromatic rings. The Kier molecular flexibility index (Phi) is 3.86. The van der Waals surface area contributed by atoms with Gasteiger partial charge in [-0.3, -0.25) is 0 Å². The minimum absolute atomic E-state index is 0.501. The largest absolute Gasteiger partial charge is 0.423 e. The second-order valence-electron chi connectivity index (χ2n) is 6.13. The summed E-state index contributed by atoms with van der Waals surface area (Å²) in [5, 5.41) is 3.19. The summed E-state index contributed by atoms with van der Waals surface area (Å²) in [4.78, 5) is 6.64. The third-order valence-corrected chi connectivity index (χ3v) is 4.13. The van der Waals surface area contributed by atoms with Crippen molar-refractivity contribution in [3.8, 4) is 11.1 Å². The van der Waals surface area contributed by atoms with E-state index < -0.39 is 0 Å². The Morgan fingerprint density at radius 1 is 0.840 bits per heavy atom. The minimum Gasteiger partial charge on any atom is -0.423 e. The summed E-state index contributed by atoms with van der Waals surface area (Å²) < 4.78 is 5.78. The van der Waals surface area contributed by atoms with E-state index in [0.29, 0.717) is 6.01 Å². The van der Waals surface area contributed by atoms with Crippen molar-refractivity contribution < 1.29 is 4.42 Å². The van der Waals surface area contributed by atoms with Crippen LogP contribution in [-0.2, 0) is 0 Å². The number of nitrogens with one attached hydrogen (secondary N) is 1. The summed E-state index contributed by atoms with van der Waals surface area (Å²) in [6, 6.07) is 24.9. The summed E-state index contributed by atoms with van der Waals surface area (Å²) in [5.74, 6) is 0. The average Bonchev–Trinajstić information content (AvgIpc) is 3.04. The summed E-state index contributed by atoms with van der Waals surface area (Å²) in [6.45, 7) is 0. The fourth-order valence-electron chi connectivity index (χ4n) is 2.76. The number of aromatic nitrogens is 1. The molecule has 0 aliphatic heterocycles.